The lowest BCUT2D eigenvalue weighted by atomic mass is 10.0. The van der Waals surface area contributed by atoms with Gasteiger partial charge in [-0.25, -0.2) is 4.79 Å². The van der Waals surface area contributed by atoms with Crippen molar-refractivity contribution in [3.63, 3.8) is 0 Å². The van der Waals surface area contributed by atoms with Crippen LogP contribution >= 0.6 is 0 Å². The highest BCUT2D eigenvalue weighted by atomic mass is 16.5. The second-order valence-corrected chi connectivity index (χ2v) is 9.15. The van der Waals surface area contributed by atoms with Gasteiger partial charge in [0.2, 0.25) is 0 Å². The van der Waals surface area contributed by atoms with Gasteiger partial charge < -0.3 is 14.2 Å². The molecule has 5 nitrogen and oxygen atoms in total. The zero-order chi connectivity index (χ0) is 25.3. The number of nitrogens with zero attached hydrogens (tertiary/aromatic N) is 2. The fourth-order valence-electron chi connectivity index (χ4n) is 4.80. The molecule has 0 unspecified atom stereocenters. The molecule has 0 spiro atoms. The van der Waals surface area contributed by atoms with Crippen LogP contribution in [0.1, 0.15) is 40.6 Å². The molecule has 4 rings (SSSR count). The standard InChI is InChI=1S/C30H32N2O3/c1-19-12-13-20(2)27(16-19)32-21(3)17-25(22(32)4)18-26-28(30(34)35-6)23(5)31(29(26)33)15-14-24-10-8-7-9-11-24/h7-13,16-18H,14-15H2,1-6H3/b26-18-. The van der Waals surface area contributed by atoms with Crippen molar-refractivity contribution in [3.8, 4) is 5.69 Å². The van der Waals surface area contributed by atoms with E-state index in [1.807, 2.05) is 50.3 Å². The second kappa shape index (κ2) is 9.79. The Bertz CT molecular complexity index is 1360. The number of aromatic nitrogens is 1. The van der Waals surface area contributed by atoms with E-state index in [2.05, 4.69) is 49.6 Å². The van der Waals surface area contributed by atoms with E-state index in [0.29, 0.717) is 29.8 Å². The molecule has 3 aromatic rings. The summed E-state index contributed by atoms with van der Waals surface area (Å²) in [5, 5.41) is 0. The summed E-state index contributed by atoms with van der Waals surface area (Å²) >= 11 is 0. The maximum Gasteiger partial charge on any atom is 0.340 e. The Morgan fingerprint density at radius 1 is 0.971 bits per heavy atom. The number of aryl methyl sites for hydroxylation is 3. The third kappa shape index (κ3) is 4.59. The number of carbonyl (C=O) groups is 2. The third-order valence-electron chi connectivity index (χ3n) is 6.74. The average molecular weight is 469 g/mol. The molecule has 0 N–H and O–H groups in total. The summed E-state index contributed by atoms with van der Waals surface area (Å²) in [7, 11) is 1.35. The Hall–Kier alpha value is -3.86. The number of allylic oxidation sites excluding steroid dienone is 1. The Kier molecular flexibility index (Phi) is 6.79. The van der Waals surface area contributed by atoms with Crippen molar-refractivity contribution in [2.45, 2.75) is 41.0 Å². The first-order chi connectivity index (χ1) is 16.7. The van der Waals surface area contributed by atoms with Gasteiger partial charge in [-0.15, -0.1) is 0 Å². The monoisotopic (exact) mass is 468 g/mol. The number of esters is 1. The molecule has 0 saturated carbocycles. The second-order valence-electron chi connectivity index (χ2n) is 9.15. The summed E-state index contributed by atoms with van der Waals surface area (Å²) in [4.78, 5) is 28.0. The van der Waals surface area contributed by atoms with Gasteiger partial charge in [-0.3, -0.25) is 4.79 Å². The van der Waals surface area contributed by atoms with Crippen molar-refractivity contribution in [1.82, 2.24) is 9.47 Å². The van der Waals surface area contributed by atoms with Gasteiger partial charge in [0.15, 0.2) is 0 Å². The van der Waals surface area contributed by atoms with Crippen LogP contribution in [-0.2, 0) is 20.7 Å². The molecule has 0 atom stereocenters. The molecular formula is C30H32N2O3. The van der Waals surface area contributed by atoms with E-state index in [4.69, 9.17) is 4.74 Å². The van der Waals surface area contributed by atoms with Gasteiger partial charge in [0.05, 0.1) is 18.3 Å². The summed E-state index contributed by atoms with van der Waals surface area (Å²) in [6.45, 7) is 10.6. The van der Waals surface area contributed by atoms with Crippen LogP contribution in [0.4, 0.5) is 0 Å². The van der Waals surface area contributed by atoms with Crippen molar-refractivity contribution in [2.75, 3.05) is 13.7 Å². The van der Waals surface area contributed by atoms with Gasteiger partial charge in [0, 0.05) is 29.3 Å². The van der Waals surface area contributed by atoms with Crippen LogP contribution < -0.4 is 0 Å². The lowest BCUT2D eigenvalue weighted by molar-refractivity contribution is -0.136. The van der Waals surface area contributed by atoms with Crippen molar-refractivity contribution >= 4 is 18.0 Å². The topological polar surface area (TPSA) is 51.5 Å². The maximum atomic E-state index is 13.5. The van der Waals surface area contributed by atoms with Crippen LogP contribution in [0, 0.1) is 27.7 Å². The lowest BCUT2D eigenvalue weighted by Gasteiger charge is -2.17. The number of ether oxygens (including phenoxy) is 1. The molecule has 0 saturated heterocycles. The Morgan fingerprint density at radius 3 is 2.37 bits per heavy atom. The maximum absolute atomic E-state index is 13.5. The zero-order valence-corrected chi connectivity index (χ0v) is 21.3. The highest BCUT2D eigenvalue weighted by Gasteiger charge is 2.37. The van der Waals surface area contributed by atoms with E-state index >= 15 is 0 Å². The predicted octanol–water partition coefficient (Wildman–Crippen LogP) is 5.63. The van der Waals surface area contributed by atoms with Gasteiger partial charge >= 0.3 is 5.97 Å². The van der Waals surface area contributed by atoms with Gasteiger partial charge in [-0.1, -0.05) is 42.5 Å². The molecule has 180 valence electrons. The summed E-state index contributed by atoms with van der Waals surface area (Å²) in [6.07, 6.45) is 2.54. The van der Waals surface area contributed by atoms with Gasteiger partial charge in [-0.05, 0) is 81.5 Å². The molecule has 0 radical (unpaired) electrons. The van der Waals surface area contributed by atoms with Gasteiger partial charge in [0.25, 0.3) is 5.91 Å². The number of methoxy groups -OCH3 is 1. The van der Waals surface area contributed by atoms with Crippen LogP contribution in [0.5, 0.6) is 0 Å². The van der Waals surface area contributed by atoms with E-state index in [-0.39, 0.29) is 5.91 Å². The molecule has 5 heteroatoms. The Labute approximate surface area is 207 Å². The van der Waals surface area contributed by atoms with Crippen LogP contribution in [0.2, 0.25) is 0 Å². The average Bonchev–Trinajstić information content (AvgIpc) is 3.25. The van der Waals surface area contributed by atoms with Crippen LogP contribution in [0.15, 0.2) is 71.4 Å². The van der Waals surface area contributed by atoms with Crippen molar-refractivity contribution < 1.29 is 14.3 Å². The largest absolute Gasteiger partial charge is 0.465 e. The van der Waals surface area contributed by atoms with E-state index in [1.165, 1.54) is 18.2 Å². The van der Waals surface area contributed by atoms with Crippen LogP contribution in [0.25, 0.3) is 11.8 Å². The molecule has 2 heterocycles. The molecule has 1 aliphatic heterocycles. The fourth-order valence-corrected chi connectivity index (χ4v) is 4.80. The molecule has 0 fully saturated rings. The number of hydrogen-bond donors (Lipinski definition) is 0. The molecule has 0 bridgehead atoms. The summed E-state index contributed by atoms with van der Waals surface area (Å²) in [6, 6.07) is 18.5. The molecule has 1 aromatic heterocycles. The van der Waals surface area contributed by atoms with Crippen molar-refractivity contribution in [1.29, 1.82) is 0 Å². The molecule has 1 amide bonds. The van der Waals surface area contributed by atoms with Crippen LogP contribution in [-0.4, -0.2) is 35.0 Å². The number of carbonyl (C=O) groups excluding carboxylic acids is 2. The lowest BCUT2D eigenvalue weighted by Crippen LogP contribution is -2.27. The SMILES string of the molecule is COC(=O)C1=C(C)N(CCc2ccccc2)C(=O)/C1=C\c1cc(C)n(-c2cc(C)ccc2C)c1C. The Morgan fingerprint density at radius 2 is 1.69 bits per heavy atom. The van der Waals surface area contributed by atoms with Crippen molar-refractivity contribution in [3.05, 3.63) is 105 Å². The summed E-state index contributed by atoms with van der Waals surface area (Å²) in [5.41, 5.74) is 8.95. The minimum absolute atomic E-state index is 0.171. The third-order valence-corrected chi connectivity index (χ3v) is 6.74. The minimum Gasteiger partial charge on any atom is -0.465 e. The van der Waals surface area contributed by atoms with Gasteiger partial charge in [-0.2, -0.15) is 0 Å². The molecule has 1 aliphatic rings. The zero-order valence-electron chi connectivity index (χ0n) is 21.3. The number of hydrogen-bond acceptors (Lipinski definition) is 3. The highest BCUT2D eigenvalue weighted by molar-refractivity contribution is 6.16. The number of rotatable bonds is 6. The van der Waals surface area contributed by atoms with E-state index in [0.717, 1.165) is 28.2 Å². The fraction of sp³-hybridized carbons (Fsp3) is 0.267. The number of benzene rings is 2. The molecular weight excluding hydrogens is 436 g/mol. The van der Waals surface area contributed by atoms with Crippen LogP contribution in [0.3, 0.4) is 0 Å². The minimum atomic E-state index is -0.493. The van der Waals surface area contributed by atoms with Crippen molar-refractivity contribution in [2.24, 2.45) is 0 Å². The smallest absolute Gasteiger partial charge is 0.340 e. The number of amides is 1. The Balaban J connectivity index is 1.75. The van der Waals surface area contributed by atoms with E-state index in [9.17, 15) is 9.59 Å². The summed E-state index contributed by atoms with van der Waals surface area (Å²) in [5.74, 6) is -0.664. The summed E-state index contributed by atoms with van der Waals surface area (Å²) < 4.78 is 7.27. The highest BCUT2D eigenvalue weighted by Crippen LogP contribution is 2.33. The molecule has 0 aliphatic carbocycles. The first kappa shape index (κ1) is 24.3. The van der Waals surface area contributed by atoms with E-state index < -0.39 is 5.97 Å². The van der Waals surface area contributed by atoms with E-state index in [1.54, 1.807) is 4.90 Å². The normalized spacial score (nSPS) is 14.9. The quantitative estimate of drug-likeness (QED) is 0.348. The first-order valence-electron chi connectivity index (χ1n) is 11.9. The molecule has 35 heavy (non-hydrogen) atoms. The van der Waals surface area contributed by atoms with Gasteiger partial charge in [0.1, 0.15) is 0 Å². The predicted molar refractivity (Wildman–Crippen MR) is 139 cm³/mol. The molecule has 2 aromatic carbocycles. The first-order valence-corrected chi connectivity index (χ1v) is 11.9.